The van der Waals surface area contributed by atoms with Gasteiger partial charge in [0.25, 0.3) is 0 Å². The minimum atomic E-state index is -3.14. The second-order valence-corrected chi connectivity index (χ2v) is 6.90. The van der Waals surface area contributed by atoms with Crippen LogP contribution in [0.1, 0.15) is 45.4 Å². The molecule has 6 unspecified atom stereocenters. The van der Waals surface area contributed by atoms with Gasteiger partial charge in [0.15, 0.2) is 0 Å². The molecule has 0 radical (unpaired) electrons. The summed E-state index contributed by atoms with van der Waals surface area (Å²) in [6.07, 6.45) is 0.0599. The van der Waals surface area contributed by atoms with Crippen LogP contribution in [0.3, 0.4) is 0 Å². The maximum absolute atomic E-state index is 10.6. The van der Waals surface area contributed by atoms with Crippen molar-refractivity contribution in [3.05, 3.63) is 0 Å². The number of rotatable bonds is 12. The lowest BCUT2D eigenvalue weighted by atomic mass is 9.93. The second-order valence-electron chi connectivity index (χ2n) is 6.08. The lowest BCUT2D eigenvalue weighted by Gasteiger charge is -2.40. The molecule has 1 aliphatic rings. The van der Waals surface area contributed by atoms with Crippen LogP contribution in [0.4, 0.5) is 0 Å². The SMILES string of the molecule is CCCCCCOCCCC1OC(CO[PH](=O)O)C(O)C(O)C1O. The van der Waals surface area contributed by atoms with Gasteiger partial charge in [-0.25, -0.2) is 0 Å². The van der Waals surface area contributed by atoms with Crippen LogP contribution >= 0.6 is 8.25 Å². The maximum Gasteiger partial charge on any atom is 0.316 e. The average Bonchev–Trinajstić information content (AvgIpc) is 2.55. The van der Waals surface area contributed by atoms with Crippen LogP contribution < -0.4 is 0 Å². The molecule has 0 aliphatic carbocycles. The molecule has 1 heterocycles. The molecule has 0 saturated carbocycles. The Morgan fingerprint density at radius 2 is 1.62 bits per heavy atom. The third-order valence-electron chi connectivity index (χ3n) is 4.10. The van der Waals surface area contributed by atoms with Gasteiger partial charge in [-0.2, -0.15) is 0 Å². The van der Waals surface area contributed by atoms with Gasteiger partial charge in [-0.15, -0.1) is 0 Å². The van der Waals surface area contributed by atoms with E-state index < -0.39 is 38.8 Å². The molecular weight excluding hydrogens is 339 g/mol. The van der Waals surface area contributed by atoms with Gasteiger partial charge in [0, 0.05) is 13.2 Å². The van der Waals surface area contributed by atoms with Crippen LogP contribution in [0.5, 0.6) is 0 Å². The van der Waals surface area contributed by atoms with Crippen molar-refractivity contribution in [1.29, 1.82) is 0 Å². The van der Waals surface area contributed by atoms with E-state index in [9.17, 15) is 19.9 Å². The Hall–Kier alpha value is -0.0500. The molecule has 0 aromatic rings. The predicted octanol–water partition coefficient (Wildman–Crippen LogP) is 0.612. The molecule has 1 rings (SSSR count). The van der Waals surface area contributed by atoms with Gasteiger partial charge in [-0.1, -0.05) is 26.2 Å². The summed E-state index contributed by atoms with van der Waals surface area (Å²) < 4.78 is 26.2. The lowest BCUT2D eigenvalue weighted by molar-refractivity contribution is -0.229. The second kappa shape index (κ2) is 12.3. The first kappa shape index (κ1) is 22.0. The third kappa shape index (κ3) is 7.89. The number of hydrogen-bond donors (Lipinski definition) is 4. The molecule has 0 aromatic carbocycles. The molecule has 9 heteroatoms. The predicted molar refractivity (Wildman–Crippen MR) is 88.0 cm³/mol. The monoisotopic (exact) mass is 370 g/mol. The van der Waals surface area contributed by atoms with E-state index in [1.165, 1.54) is 12.8 Å². The molecular formula is C15H31O8P. The molecule has 0 aromatic heterocycles. The Bertz CT molecular complexity index is 356. The minimum absolute atomic E-state index is 0.316. The molecule has 1 fully saturated rings. The Morgan fingerprint density at radius 3 is 2.29 bits per heavy atom. The van der Waals surface area contributed by atoms with E-state index in [2.05, 4.69) is 11.4 Å². The van der Waals surface area contributed by atoms with Crippen molar-refractivity contribution in [2.24, 2.45) is 0 Å². The van der Waals surface area contributed by atoms with Crippen LogP contribution in [-0.4, -0.2) is 70.6 Å². The van der Waals surface area contributed by atoms with E-state index in [1.807, 2.05) is 0 Å². The van der Waals surface area contributed by atoms with Crippen LogP contribution in [0.15, 0.2) is 0 Å². The topological polar surface area (TPSA) is 126 Å². The van der Waals surface area contributed by atoms with Crippen molar-refractivity contribution in [3.63, 3.8) is 0 Å². The Balaban J connectivity index is 2.28. The van der Waals surface area contributed by atoms with Crippen LogP contribution in [0.25, 0.3) is 0 Å². The van der Waals surface area contributed by atoms with E-state index in [0.29, 0.717) is 26.1 Å². The minimum Gasteiger partial charge on any atom is -0.388 e. The highest BCUT2D eigenvalue weighted by molar-refractivity contribution is 7.32. The van der Waals surface area contributed by atoms with Crippen molar-refractivity contribution in [2.75, 3.05) is 19.8 Å². The molecule has 24 heavy (non-hydrogen) atoms. The normalized spacial score (nSPS) is 32.0. The summed E-state index contributed by atoms with van der Waals surface area (Å²) in [7, 11) is -3.14. The van der Waals surface area contributed by atoms with E-state index >= 15 is 0 Å². The maximum atomic E-state index is 10.6. The summed E-state index contributed by atoms with van der Waals surface area (Å²) in [4.78, 5) is 8.69. The first-order valence-corrected chi connectivity index (χ1v) is 9.86. The number of ether oxygens (including phenoxy) is 2. The highest BCUT2D eigenvalue weighted by Gasteiger charge is 2.43. The quantitative estimate of drug-likeness (QED) is 0.291. The summed E-state index contributed by atoms with van der Waals surface area (Å²) >= 11 is 0. The zero-order chi connectivity index (χ0) is 17.9. The first-order chi connectivity index (χ1) is 11.5. The summed E-state index contributed by atoms with van der Waals surface area (Å²) in [5.74, 6) is 0. The summed E-state index contributed by atoms with van der Waals surface area (Å²) in [5.41, 5.74) is 0. The fraction of sp³-hybridized carbons (Fsp3) is 1.00. The Morgan fingerprint density at radius 1 is 0.958 bits per heavy atom. The van der Waals surface area contributed by atoms with E-state index in [1.54, 1.807) is 0 Å². The van der Waals surface area contributed by atoms with E-state index in [-0.39, 0.29) is 6.61 Å². The molecule has 1 saturated heterocycles. The molecule has 0 bridgehead atoms. The molecule has 0 spiro atoms. The van der Waals surface area contributed by atoms with Gasteiger partial charge in [0.2, 0.25) is 0 Å². The lowest BCUT2D eigenvalue weighted by Crippen LogP contribution is -2.58. The first-order valence-electron chi connectivity index (χ1n) is 8.60. The summed E-state index contributed by atoms with van der Waals surface area (Å²) in [5, 5.41) is 29.7. The van der Waals surface area contributed by atoms with Crippen molar-refractivity contribution >= 4 is 8.25 Å². The van der Waals surface area contributed by atoms with Crippen molar-refractivity contribution in [1.82, 2.24) is 0 Å². The van der Waals surface area contributed by atoms with Gasteiger partial charge >= 0.3 is 8.25 Å². The van der Waals surface area contributed by atoms with Crippen molar-refractivity contribution < 1.29 is 38.8 Å². The van der Waals surface area contributed by atoms with Gasteiger partial charge < -0.3 is 34.2 Å². The van der Waals surface area contributed by atoms with Crippen molar-refractivity contribution in [3.8, 4) is 0 Å². The Labute approximate surface area is 143 Å². The smallest absolute Gasteiger partial charge is 0.316 e. The zero-order valence-electron chi connectivity index (χ0n) is 14.2. The van der Waals surface area contributed by atoms with Gasteiger partial charge in [-0.05, 0) is 19.3 Å². The Kier molecular flexibility index (Phi) is 11.3. The molecule has 144 valence electrons. The average molecular weight is 370 g/mol. The zero-order valence-corrected chi connectivity index (χ0v) is 15.2. The molecule has 1 aliphatic heterocycles. The molecule has 6 atom stereocenters. The van der Waals surface area contributed by atoms with Crippen LogP contribution in [-0.2, 0) is 18.6 Å². The third-order valence-corrected chi connectivity index (χ3v) is 4.52. The largest absolute Gasteiger partial charge is 0.388 e. The summed E-state index contributed by atoms with van der Waals surface area (Å²) in [6, 6.07) is 0. The van der Waals surface area contributed by atoms with Gasteiger partial charge in [0.1, 0.15) is 24.4 Å². The molecule has 0 amide bonds. The van der Waals surface area contributed by atoms with E-state index in [4.69, 9.17) is 14.4 Å². The standard InChI is InChI=1S/C15H31O8P/c1-2-3-4-5-8-21-9-6-7-11-13(16)15(18)14(17)12(23-11)10-22-24(19)20/h11-18,24H,2-10H2,1H3,(H,19,20). The van der Waals surface area contributed by atoms with Crippen molar-refractivity contribution in [2.45, 2.75) is 76.0 Å². The highest BCUT2D eigenvalue weighted by atomic mass is 31.1. The number of hydrogen-bond acceptors (Lipinski definition) is 7. The molecule has 4 N–H and O–H groups in total. The fourth-order valence-electron chi connectivity index (χ4n) is 2.68. The van der Waals surface area contributed by atoms with Gasteiger partial charge in [-0.3, -0.25) is 4.57 Å². The number of unbranched alkanes of at least 4 members (excludes halogenated alkanes) is 3. The summed E-state index contributed by atoms with van der Waals surface area (Å²) in [6.45, 7) is 3.07. The van der Waals surface area contributed by atoms with E-state index in [0.717, 1.165) is 12.8 Å². The molecule has 8 nitrogen and oxygen atoms in total. The number of aliphatic hydroxyl groups excluding tert-OH is 3. The number of aliphatic hydroxyl groups is 3. The fourth-order valence-corrected chi connectivity index (χ4v) is 2.98. The van der Waals surface area contributed by atoms with Crippen LogP contribution in [0, 0.1) is 0 Å². The van der Waals surface area contributed by atoms with Gasteiger partial charge in [0.05, 0.1) is 12.7 Å². The van der Waals surface area contributed by atoms with Crippen LogP contribution in [0.2, 0.25) is 0 Å². The highest BCUT2D eigenvalue weighted by Crippen LogP contribution is 2.26.